The summed E-state index contributed by atoms with van der Waals surface area (Å²) in [6.45, 7) is 1.68. The molecule has 0 bridgehead atoms. The van der Waals surface area contributed by atoms with E-state index in [2.05, 4.69) is 4.99 Å². The molecule has 0 N–H and O–H groups in total. The van der Waals surface area contributed by atoms with E-state index in [1.807, 2.05) is 16.7 Å². The molecule has 0 aliphatic carbocycles. The Kier molecular flexibility index (Phi) is 7.17. The smallest absolute Gasteiger partial charge is 0.251 e. The van der Waals surface area contributed by atoms with E-state index >= 15 is 0 Å². The monoisotopic (exact) mass is 457 g/mol. The molecule has 0 unspecified atom stereocenters. The van der Waals surface area contributed by atoms with Gasteiger partial charge in [0.25, 0.3) is 5.91 Å². The zero-order valence-corrected chi connectivity index (χ0v) is 19.2. The van der Waals surface area contributed by atoms with Gasteiger partial charge in [0.1, 0.15) is 0 Å². The van der Waals surface area contributed by atoms with Crippen LogP contribution in [-0.4, -0.2) is 70.5 Å². The Morgan fingerprint density at radius 1 is 1.17 bits per heavy atom. The van der Waals surface area contributed by atoms with Crippen LogP contribution in [0.5, 0.6) is 11.5 Å². The first-order chi connectivity index (χ1) is 14.3. The Morgan fingerprint density at radius 3 is 2.37 bits per heavy atom. The van der Waals surface area contributed by atoms with Gasteiger partial charge in [0, 0.05) is 44.8 Å². The van der Waals surface area contributed by atoms with Crippen molar-refractivity contribution in [2.45, 2.75) is 19.4 Å². The topological polar surface area (TPSA) is 99.4 Å². The number of hydrogen-bond acceptors (Lipinski definition) is 7. The Labute approximate surface area is 179 Å². The molecular formula is C19H27N3O6S2. The normalized spacial score (nSPS) is 16.9. The summed E-state index contributed by atoms with van der Waals surface area (Å²) in [4.78, 5) is 17.8. The lowest BCUT2D eigenvalue weighted by Gasteiger charge is -2.28. The van der Waals surface area contributed by atoms with Crippen LogP contribution in [-0.2, 0) is 26.1 Å². The number of carbonyl (C=O) groups is 1. The summed E-state index contributed by atoms with van der Waals surface area (Å²) in [6, 6.07) is 3.74. The van der Waals surface area contributed by atoms with Crippen LogP contribution in [0.25, 0.3) is 10.2 Å². The molecule has 30 heavy (non-hydrogen) atoms. The fourth-order valence-electron chi connectivity index (χ4n) is 3.50. The van der Waals surface area contributed by atoms with Crippen LogP contribution in [0, 0.1) is 5.92 Å². The van der Waals surface area contributed by atoms with Gasteiger partial charge in [0.15, 0.2) is 16.3 Å². The van der Waals surface area contributed by atoms with E-state index in [9.17, 15) is 13.2 Å². The van der Waals surface area contributed by atoms with Crippen molar-refractivity contribution < 1.29 is 27.4 Å². The van der Waals surface area contributed by atoms with Crippen molar-refractivity contribution in [3.05, 3.63) is 16.9 Å². The molecule has 1 aromatic carbocycles. The van der Waals surface area contributed by atoms with Crippen LogP contribution in [0.3, 0.4) is 0 Å². The molecule has 11 heteroatoms. The van der Waals surface area contributed by atoms with E-state index < -0.39 is 10.0 Å². The maximum absolute atomic E-state index is 12.9. The first-order valence-electron chi connectivity index (χ1n) is 9.56. The lowest BCUT2D eigenvalue weighted by Crippen LogP contribution is -2.39. The van der Waals surface area contributed by atoms with E-state index in [1.54, 1.807) is 21.3 Å². The quantitative estimate of drug-likeness (QED) is 0.624. The van der Waals surface area contributed by atoms with Gasteiger partial charge < -0.3 is 18.8 Å². The maximum Gasteiger partial charge on any atom is 0.251 e. The fourth-order valence-corrected chi connectivity index (χ4v) is 5.45. The van der Waals surface area contributed by atoms with Gasteiger partial charge in [-0.2, -0.15) is 4.99 Å². The predicted molar refractivity (Wildman–Crippen MR) is 115 cm³/mol. The molecule has 1 amide bonds. The highest BCUT2D eigenvalue weighted by atomic mass is 32.2. The number of hydrogen-bond donors (Lipinski definition) is 0. The molecule has 1 saturated heterocycles. The van der Waals surface area contributed by atoms with Crippen LogP contribution in [0.15, 0.2) is 17.1 Å². The summed E-state index contributed by atoms with van der Waals surface area (Å²) in [6.07, 6.45) is 2.14. The number of methoxy groups -OCH3 is 3. The zero-order valence-electron chi connectivity index (χ0n) is 17.6. The zero-order chi connectivity index (χ0) is 21.9. The molecule has 9 nitrogen and oxygen atoms in total. The minimum absolute atomic E-state index is 0.222. The van der Waals surface area contributed by atoms with Crippen molar-refractivity contribution in [2.75, 3.05) is 47.3 Å². The van der Waals surface area contributed by atoms with Crippen molar-refractivity contribution >= 4 is 37.5 Å². The van der Waals surface area contributed by atoms with Gasteiger partial charge in [-0.25, -0.2) is 12.7 Å². The highest BCUT2D eigenvalue weighted by Crippen LogP contribution is 2.33. The highest BCUT2D eigenvalue weighted by molar-refractivity contribution is 7.88. The predicted octanol–water partition coefficient (Wildman–Crippen LogP) is 1.47. The summed E-state index contributed by atoms with van der Waals surface area (Å²) < 4.78 is 43.7. The number of aromatic nitrogens is 1. The molecule has 2 heterocycles. The molecule has 0 radical (unpaired) electrons. The fraction of sp³-hybridized carbons (Fsp3) is 0.579. The van der Waals surface area contributed by atoms with Gasteiger partial charge in [-0.15, -0.1) is 0 Å². The van der Waals surface area contributed by atoms with Gasteiger partial charge in [0.2, 0.25) is 10.0 Å². The minimum Gasteiger partial charge on any atom is -0.493 e. The molecule has 0 atom stereocenters. The van der Waals surface area contributed by atoms with Gasteiger partial charge in [-0.05, 0) is 12.8 Å². The number of thiazole rings is 1. The lowest BCUT2D eigenvalue weighted by molar-refractivity contribution is -0.122. The third kappa shape index (κ3) is 4.85. The second-order valence-electron chi connectivity index (χ2n) is 7.09. The van der Waals surface area contributed by atoms with E-state index in [0.717, 1.165) is 10.2 Å². The minimum atomic E-state index is -3.23. The second-order valence-corrected chi connectivity index (χ2v) is 10.1. The van der Waals surface area contributed by atoms with Crippen LogP contribution < -0.4 is 14.3 Å². The number of benzene rings is 1. The SMILES string of the molecule is COCCn1c(=NC(=O)C2CCN(S(C)(=O)=O)CC2)sc2cc(OC)c(OC)cc21. The van der Waals surface area contributed by atoms with Crippen molar-refractivity contribution in [3.8, 4) is 11.5 Å². The summed E-state index contributed by atoms with van der Waals surface area (Å²) >= 11 is 1.40. The first-order valence-corrected chi connectivity index (χ1v) is 12.2. The highest BCUT2D eigenvalue weighted by Gasteiger charge is 2.29. The summed E-state index contributed by atoms with van der Waals surface area (Å²) in [7, 11) is 1.55. The number of ether oxygens (including phenoxy) is 3. The van der Waals surface area contributed by atoms with Gasteiger partial charge in [-0.3, -0.25) is 4.79 Å². The standard InChI is InChI=1S/C19H27N3O6S2/c1-26-10-9-22-14-11-15(27-2)16(28-3)12-17(14)29-19(22)20-18(23)13-5-7-21(8-6-13)30(4,24)25/h11-13H,5-10H2,1-4H3. The van der Waals surface area contributed by atoms with Crippen molar-refractivity contribution in [1.82, 2.24) is 8.87 Å². The van der Waals surface area contributed by atoms with Crippen LogP contribution in [0.4, 0.5) is 0 Å². The largest absolute Gasteiger partial charge is 0.493 e. The molecule has 1 aliphatic rings. The number of amides is 1. The van der Waals surface area contributed by atoms with Gasteiger partial charge in [0.05, 0.1) is 37.3 Å². The molecule has 2 aromatic rings. The average Bonchev–Trinajstić information content (AvgIpc) is 3.06. The summed E-state index contributed by atoms with van der Waals surface area (Å²) in [5.41, 5.74) is 0.883. The molecule has 3 rings (SSSR count). The Morgan fingerprint density at radius 2 is 1.80 bits per heavy atom. The number of rotatable bonds is 7. The van der Waals surface area contributed by atoms with Crippen LogP contribution in [0.2, 0.25) is 0 Å². The van der Waals surface area contributed by atoms with Crippen molar-refractivity contribution in [3.63, 3.8) is 0 Å². The molecule has 166 valence electrons. The number of sulfonamides is 1. The molecule has 1 aliphatic heterocycles. The van der Waals surface area contributed by atoms with Crippen molar-refractivity contribution in [2.24, 2.45) is 10.9 Å². The van der Waals surface area contributed by atoms with E-state index in [0.29, 0.717) is 55.4 Å². The Hall–Kier alpha value is -1.95. The lowest BCUT2D eigenvalue weighted by atomic mass is 9.98. The Bertz CT molecular complexity index is 1080. The van der Waals surface area contributed by atoms with E-state index in [4.69, 9.17) is 14.2 Å². The van der Waals surface area contributed by atoms with Crippen molar-refractivity contribution in [1.29, 1.82) is 0 Å². The number of nitrogens with zero attached hydrogens (tertiary/aromatic N) is 3. The van der Waals surface area contributed by atoms with Crippen LogP contribution in [0.1, 0.15) is 12.8 Å². The number of carbonyl (C=O) groups excluding carboxylic acids is 1. The molecule has 1 fully saturated rings. The second kappa shape index (κ2) is 9.46. The Balaban J connectivity index is 1.95. The first kappa shape index (κ1) is 22.7. The average molecular weight is 458 g/mol. The summed E-state index contributed by atoms with van der Waals surface area (Å²) in [5.74, 6) is 0.698. The third-order valence-corrected chi connectivity index (χ3v) is 7.53. The van der Waals surface area contributed by atoms with E-state index in [-0.39, 0.29) is 11.8 Å². The van der Waals surface area contributed by atoms with Crippen LogP contribution >= 0.6 is 11.3 Å². The van der Waals surface area contributed by atoms with E-state index in [1.165, 1.54) is 21.9 Å². The molecule has 0 spiro atoms. The maximum atomic E-state index is 12.9. The molecular weight excluding hydrogens is 430 g/mol. The number of fused-ring (bicyclic) bond motifs is 1. The summed E-state index contributed by atoms with van der Waals surface area (Å²) in [5, 5.41) is 0. The molecule has 0 saturated carbocycles. The third-order valence-electron chi connectivity index (χ3n) is 5.19. The molecule has 1 aromatic heterocycles. The van der Waals surface area contributed by atoms with Gasteiger partial charge in [-0.1, -0.05) is 11.3 Å². The van der Waals surface area contributed by atoms with Gasteiger partial charge >= 0.3 is 0 Å². The number of piperidine rings is 1.